The molecule has 1 heterocycles. The summed E-state index contributed by atoms with van der Waals surface area (Å²) in [6.07, 6.45) is -4.68. The van der Waals surface area contributed by atoms with Gasteiger partial charge in [0, 0.05) is 22.0 Å². The number of anilines is 1. The first kappa shape index (κ1) is 20.6. The van der Waals surface area contributed by atoms with Crippen LogP contribution in [-0.4, -0.2) is 16.7 Å². The Labute approximate surface area is 190 Å². The minimum Gasteiger partial charge on any atom is -0.274 e. The quantitative estimate of drug-likeness (QED) is 0.318. The molecule has 2 amide bonds. The highest BCUT2D eigenvalue weighted by molar-refractivity contribution is 6.23. The number of alkyl halides is 3. The fraction of sp³-hybridized carbons (Fsp3) is 0.200. The lowest BCUT2D eigenvalue weighted by atomic mass is 9.51. The molecule has 2 bridgehead atoms. The van der Waals surface area contributed by atoms with Crippen LogP contribution in [0.3, 0.4) is 0 Å². The van der Waals surface area contributed by atoms with Crippen molar-refractivity contribution in [3.8, 4) is 0 Å². The molecule has 3 aliphatic carbocycles. The molecule has 0 saturated carbocycles. The normalized spacial score (nSPS) is 26.8. The highest BCUT2D eigenvalue weighted by atomic mass is 19.4. The van der Waals surface area contributed by atoms with E-state index in [-0.39, 0.29) is 5.69 Å². The standard InChI is InChI=1S/C25H15F3N2O4/c26-25(27,28)13-6-5-7-14(12-13)29-22(31)20-19-15-8-1-3-10-17(15)24(30(33)34,21(20)23(29)32)18-11-4-2-9-16(18)19/h1-12,19-21H/t19?,20-,21+,24?/m0/s1. The van der Waals surface area contributed by atoms with E-state index in [1.807, 2.05) is 0 Å². The van der Waals surface area contributed by atoms with E-state index in [2.05, 4.69) is 0 Å². The zero-order valence-corrected chi connectivity index (χ0v) is 17.3. The van der Waals surface area contributed by atoms with Crippen molar-refractivity contribution in [2.24, 2.45) is 11.8 Å². The molecule has 6 nitrogen and oxygen atoms in total. The molecule has 0 N–H and O–H groups in total. The van der Waals surface area contributed by atoms with Crippen molar-refractivity contribution in [3.05, 3.63) is 111 Å². The Hall–Kier alpha value is -4.01. The van der Waals surface area contributed by atoms with E-state index in [0.29, 0.717) is 27.2 Å². The molecule has 1 fully saturated rings. The summed E-state index contributed by atoms with van der Waals surface area (Å²) in [6.45, 7) is 0. The Balaban J connectivity index is 1.62. The summed E-state index contributed by atoms with van der Waals surface area (Å²) in [5, 5.41) is 12.9. The van der Waals surface area contributed by atoms with E-state index >= 15 is 0 Å². The Morgan fingerprint density at radius 2 is 1.44 bits per heavy atom. The van der Waals surface area contributed by atoms with E-state index in [1.54, 1.807) is 48.5 Å². The summed E-state index contributed by atoms with van der Waals surface area (Å²) < 4.78 is 40.0. The maximum absolute atomic E-state index is 13.8. The number of hydrogen-bond donors (Lipinski definition) is 0. The first-order chi connectivity index (χ1) is 16.2. The van der Waals surface area contributed by atoms with Crippen molar-refractivity contribution < 1.29 is 27.7 Å². The summed E-state index contributed by atoms with van der Waals surface area (Å²) in [4.78, 5) is 40.5. The van der Waals surface area contributed by atoms with Gasteiger partial charge >= 0.3 is 6.18 Å². The highest BCUT2D eigenvalue weighted by Crippen LogP contribution is 2.64. The van der Waals surface area contributed by atoms with Gasteiger partial charge in [-0.3, -0.25) is 19.7 Å². The van der Waals surface area contributed by atoms with Gasteiger partial charge in [0.15, 0.2) is 0 Å². The molecule has 7 rings (SSSR count). The number of nitrogens with zero attached hydrogens (tertiary/aromatic N) is 2. The van der Waals surface area contributed by atoms with Crippen LogP contribution in [0.2, 0.25) is 0 Å². The SMILES string of the molecule is O=C1[C@H]2C3c4ccccc4C([N+](=O)[O-])(c4ccccc43)[C@H]2C(=O)N1c1cccc(C(F)(F)F)c1. The van der Waals surface area contributed by atoms with Gasteiger partial charge in [-0.25, -0.2) is 4.90 Å². The molecule has 0 radical (unpaired) electrons. The number of carbonyl (C=O) groups excluding carboxylic acids is 2. The number of benzene rings is 3. The molecule has 0 aromatic heterocycles. The number of amides is 2. The predicted octanol–water partition coefficient (Wildman–Crippen LogP) is 4.49. The van der Waals surface area contributed by atoms with Crippen LogP contribution in [0, 0.1) is 22.0 Å². The Bertz CT molecular complexity index is 1370. The first-order valence-corrected chi connectivity index (χ1v) is 10.6. The summed E-state index contributed by atoms with van der Waals surface area (Å²) in [7, 11) is 0. The van der Waals surface area contributed by atoms with Crippen LogP contribution >= 0.6 is 0 Å². The predicted molar refractivity (Wildman–Crippen MR) is 113 cm³/mol. The highest BCUT2D eigenvalue weighted by Gasteiger charge is 2.74. The largest absolute Gasteiger partial charge is 0.416 e. The average Bonchev–Trinajstić information content (AvgIpc) is 3.09. The average molecular weight is 464 g/mol. The number of halogens is 3. The molecule has 1 aliphatic heterocycles. The van der Waals surface area contributed by atoms with Crippen LogP contribution in [0.1, 0.15) is 33.7 Å². The van der Waals surface area contributed by atoms with Gasteiger partial charge in [0.2, 0.25) is 11.8 Å². The van der Waals surface area contributed by atoms with Gasteiger partial charge in [-0.2, -0.15) is 13.2 Å². The van der Waals surface area contributed by atoms with Crippen molar-refractivity contribution in [2.75, 3.05) is 4.90 Å². The molecule has 0 spiro atoms. The lowest BCUT2D eigenvalue weighted by Gasteiger charge is -2.48. The molecule has 170 valence electrons. The Kier molecular flexibility index (Phi) is 3.95. The van der Waals surface area contributed by atoms with Crippen molar-refractivity contribution in [2.45, 2.75) is 17.6 Å². The number of nitro groups is 1. The van der Waals surface area contributed by atoms with Crippen LogP contribution in [0.4, 0.5) is 18.9 Å². The molecule has 0 unspecified atom stereocenters. The summed E-state index contributed by atoms with van der Waals surface area (Å²) >= 11 is 0. The molecule has 3 aromatic carbocycles. The number of carbonyl (C=O) groups is 2. The van der Waals surface area contributed by atoms with Crippen LogP contribution in [0.25, 0.3) is 0 Å². The third-order valence-electron chi connectivity index (χ3n) is 7.29. The van der Waals surface area contributed by atoms with Crippen molar-refractivity contribution >= 4 is 17.5 Å². The van der Waals surface area contributed by atoms with Gasteiger partial charge in [0.05, 0.1) is 17.2 Å². The molecule has 34 heavy (non-hydrogen) atoms. The van der Waals surface area contributed by atoms with Crippen LogP contribution in [0.15, 0.2) is 72.8 Å². The summed E-state index contributed by atoms with van der Waals surface area (Å²) in [6, 6.07) is 17.3. The molecule has 9 heteroatoms. The number of rotatable bonds is 2. The molecule has 2 atom stereocenters. The van der Waals surface area contributed by atoms with E-state index < -0.39 is 51.8 Å². The van der Waals surface area contributed by atoms with Gasteiger partial charge < -0.3 is 0 Å². The van der Waals surface area contributed by atoms with Crippen LogP contribution in [-0.2, 0) is 21.3 Å². The Morgan fingerprint density at radius 1 is 0.853 bits per heavy atom. The molecular weight excluding hydrogens is 449 g/mol. The van der Waals surface area contributed by atoms with Crippen molar-refractivity contribution in [1.29, 1.82) is 0 Å². The Morgan fingerprint density at radius 3 is 2.00 bits per heavy atom. The van der Waals surface area contributed by atoms with E-state index in [4.69, 9.17) is 0 Å². The molecule has 1 saturated heterocycles. The maximum atomic E-state index is 13.8. The second-order valence-electron chi connectivity index (χ2n) is 8.74. The minimum atomic E-state index is -4.68. The number of imide groups is 1. The van der Waals surface area contributed by atoms with E-state index in [9.17, 15) is 32.9 Å². The van der Waals surface area contributed by atoms with Crippen molar-refractivity contribution in [1.82, 2.24) is 0 Å². The zero-order valence-electron chi connectivity index (χ0n) is 17.3. The lowest BCUT2D eigenvalue weighted by molar-refractivity contribution is -0.578. The fourth-order valence-electron chi connectivity index (χ4n) is 6.12. The molecule has 4 aliphatic rings. The zero-order chi connectivity index (χ0) is 24.0. The van der Waals surface area contributed by atoms with Crippen LogP contribution < -0.4 is 4.90 Å². The smallest absolute Gasteiger partial charge is 0.274 e. The first-order valence-electron chi connectivity index (χ1n) is 10.6. The third-order valence-corrected chi connectivity index (χ3v) is 7.29. The maximum Gasteiger partial charge on any atom is 0.416 e. The topological polar surface area (TPSA) is 80.5 Å². The van der Waals surface area contributed by atoms with Gasteiger partial charge in [-0.1, -0.05) is 54.6 Å². The van der Waals surface area contributed by atoms with Gasteiger partial charge in [-0.15, -0.1) is 0 Å². The summed E-state index contributed by atoms with van der Waals surface area (Å²) in [5.41, 5.74) is -1.41. The second kappa shape index (κ2) is 6.53. The van der Waals surface area contributed by atoms with E-state index in [0.717, 1.165) is 18.2 Å². The van der Waals surface area contributed by atoms with Crippen molar-refractivity contribution in [3.63, 3.8) is 0 Å². The molecule has 3 aromatic rings. The van der Waals surface area contributed by atoms with Gasteiger partial charge in [-0.05, 0) is 29.3 Å². The third kappa shape index (κ3) is 2.31. The van der Waals surface area contributed by atoms with Gasteiger partial charge in [0.1, 0.15) is 5.92 Å². The fourth-order valence-corrected chi connectivity index (χ4v) is 6.12. The van der Waals surface area contributed by atoms with Gasteiger partial charge in [0.25, 0.3) is 5.54 Å². The summed E-state index contributed by atoms with van der Waals surface area (Å²) in [5.74, 6) is -4.68. The minimum absolute atomic E-state index is 0.245. The number of hydrogen-bond acceptors (Lipinski definition) is 4. The monoisotopic (exact) mass is 464 g/mol. The molecular formula is C25H15F3N2O4. The second-order valence-corrected chi connectivity index (χ2v) is 8.74. The van der Waals surface area contributed by atoms with Crippen LogP contribution in [0.5, 0.6) is 0 Å². The van der Waals surface area contributed by atoms with E-state index in [1.165, 1.54) is 6.07 Å². The lowest BCUT2D eigenvalue weighted by Crippen LogP contribution is -2.57.